The Morgan fingerprint density at radius 2 is 1.30 bits per heavy atom. The van der Waals surface area contributed by atoms with Crippen molar-refractivity contribution in [2.75, 3.05) is 31.3 Å². The van der Waals surface area contributed by atoms with Gasteiger partial charge in [-0.2, -0.15) is 0 Å². The molecule has 1 N–H and O–H groups in total. The Balaban J connectivity index is 3.05. The van der Waals surface area contributed by atoms with Gasteiger partial charge >= 0.3 is 16.5 Å². The Hall–Kier alpha value is 1.00. The van der Waals surface area contributed by atoms with Gasteiger partial charge in [-0.15, -0.1) is 0 Å². The van der Waals surface area contributed by atoms with Crippen LogP contribution in [0.2, 0.25) is 0 Å². The molecule has 23 heavy (non-hydrogen) atoms. The molecule has 0 aliphatic rings. The highest BCUT2D eigenvalue weighted by Gasteiger charge is 1.98. The van der Waals surface area contributed by atoms with Gasteiger partial charge < -0.3 is 18.5 Å². The van der Waals surface area contributed by atoms with E-state index in [1.54, 1.807) is 6.92 Å². The predicted molar refractivity (Wildman–Crippen MR) is 101 cm³/mol. The van der Waals surface area contributed by atoms with Gasteiger partial charge in [0.15, 0.2) is 0 Å². The van der Waals surface area contributed by atoms with Crippen LogP contribution in [-0.2, 0) is 22.7 Å². The van der Waals surface area contributed by atoms with Crippen LogP contribution < -0.4 is 0 Å². The smallest absolute Gasteiger partial charge is 0.319 e. The summed E-state index contributed by atoms with van der Waals surface area (Å²) in [6.07, 6.45) is 7.39. The van der Waals surface area contributed by atoms with Crippen LogP contribution in [0.5, 0.6) is 0 Å². The topological polar surface area (TPSA) is 82.1 Å². The molecular weight excluding hydrogens is 378 g/mol. The molecule has 0 radical (unpaired) electrons. The lowest BCUT2D eigenvalue weighted by atomic mass is 10.2. The van der Waals surface area contributed by atoms with Gasteiger partial charge in [0.2, 0.25) is 0 Å². The third-order valence-electron chi connectivity index (χ3n) is 2.78. The van der Waals surface area contributed by atoms with Crippen molar-refractivity contribution in [2.45, 2.75) is 51.9 Å². The second kappa shape index (κ2) is 19.3. The Morgan fingerprint density at radius 1 is 0.783 bits per heavy atom. The molecule has 0 rings (SSSR count). The van der Waals surface area contributed by atoms with Crippen LogP contribution >= 0.6 is 38.1 Å². The highest BCUT2D eigenvalue weighted by atomic mass is 33.1. The van der Waals surface area contributed by atoms with Crippen LogP contribution in [0.3, 0.4) is 0 Å². The van der Waals surface area contributed by atoms with E-state index < -0.39 is 16.5 Å². The van der Waals surface area contributed by atoms with Crippen molar-refractivity contribution in [1.29, 1.82) is 0 Å². The van der Waals surface area contributed by atoms with E-state index in [0.29, 0.717) is 19.8 Å². The summed E-state index contributed by atoms with van der Waals surface area (Å²) in [4.78, 5) is 8.48. The van der Waals surface area contributed by atoms with Gasteiger partial charge in [0.1, 0.15) is 0 Å². The molecule has 140 valence electrons. The van der Waals surface area contributed by atoms with Crippen LogP contribution in [-0.4, -0.2) is 36.2 Å². The van der Waals surface area contributed by atoms with Gasteiger partial charge in [0.05, 0.1) is 19.8 Å². The predicted octanol–water partition coefficient (Wildman–Crippen LogP) is 4.94. The highest BCUT2D eigenvalue weighted by Crippen LogP contribution is 2.25. The number of rotatable bonds is 18. The minimum absolute atomic E-state index is 0.384. The quantitative estimate of drug-likeness (QED) is 0.194. The minimum atomic E-state index is -2.74. The van der Waals surface area contributed by atoms with Gasteiger partial charge in [0, 0.05) is 11.5 Å². The zero-order valence-corrected chi connectivity index (χ0v) is 17.4. The Morgan fingerprint density at radius 3 is 1.87 bits per heavy atom. The summed E-state index contributed by atoms with van der Waals surface area (Å²) in [7, 11) is -1.21. The molecule has 0 amide bonds. The fourth-order valence-corrected chi connectivity index (χ4v) is 4.89. The van der Waals surface area contributed by atoms with Crippen LogP contribution in [0.25, 0.3) is 0 Å². The third kappa shape index (κ3) is 21.0. The van der Waals surface area contributed by atoms with Crippen molar-refractivity contribution in [3.63, 3.8) is 0 Å². The van der Waals surface area contributed by atoms with Crippen LogP contribution in [0.1, 0.15) is 51.9 Å². The maximum atomic E-state index is 11.1. The summed E-state index contributed by atoms with van der Waals surface area (Å²) in [6, 6.07) is 0. The standard InChI is InChI=1S/C13H30O6P2S2/c1-2-17-21(16)19-11-6-3-4-8-12-22-23-13-9-5-7-10-18-20(14)15/h20-21H,2-13H2,1H3,(H,14,15). The molecule has 0 saturated carbocycles. The molecule has 0 heterocycles. The van der Waals surface area contributed by atoms with Gasteiger partial charge in [-0.25, -0.2) is 0 Å². The molecular formula is C13H30O6P2S2. The average Bonchev–Trinajstić information content (AvgIpc) is 2.51. The summed E-state index contributed by atoms with van der Waals surface area (Å²) in [5.41, 5.74) is 0. The van der Waals surface area contributed by atoms with Crippen molar-refractivity contribution < 1.29 is 27.6 Å². The minimum Gasteiger partial charge on any atom is -0.326 e. The maximum absolute atomic E-state index is 11.1. The van der Waals surface area contributed by atoms with Crippen molar-refractivity contribution in [3.05, 3.63) is 0 Å². The lowest BCUT2D eigenvalue weighted by Crippen LogP contribution is -1.90. The molecule has 0 aromatic heterocycles. The van der Waals surface area contributed by atoms with E-state index in [-0.39, 0.29) is 0 Å². The molecule has 0 aromatic rings. The second-order valence-corrected chi connectivity index (χ2v) is 9.36. The van der Waals surface area contributed by atoms with E-state index in [0.717, 1.165) is 43.6 Å². The molecule has 0 aliphatic carbocycles. The molecule has 0 saturated heterocycles. The van der Waals surface area contributed by atoms with Crippen LogP contribution in [0, 0.1) is 0 Å². The third-order valence-corrected chi connectivity index (χ3v) is 6.78. The Labute approximate surface area is 149 Å². The first-order valence-corrected chi connectivity index (χ1v) is 13.0. The van der Waals surface area contributed by atoms with Gasteiger partial charge in [0.25, 0.3) is 0 Å². The van der Waals surface area contributed by atoms with E-state index in [1.165, 1.54) is 12.8 Å². The van der Waals surface area contributed by atoms with Crippen LogP contribution in [0.4, 0.5) is 0 Å². The lowest BCUT2D eigenvalue weighted by molar-refractivity contribution is 0.229. The normalized spacial score (nSPS) is 14.0. The number of unbranched alkanes of at least 4 members (excludes halogenated alkanes) is 5. The molecule has 0 fully saturated rings. The SMILES string of the molecule is CCO[PH](=O)OCCCCCCSSCCCCCO[PH](=O)O. The van der Waals surface area contributed by atoms with Crippen molar-refractivity contribution >= 4 is 38.1 Å². The second-order valence-electron chi connectivity index (χ2n) is 4.76. The maximum Gasteiger partial charge on any atom is 0.319 e. The van der Waals surface area contributed by atoms with Crippen molar-refractivity contribution in [1.82, 2.24) is 0 Å². The van der Waals surface area contributed by atoms with E-state index >= 15 is 0 Å². The summed E-state index contributed by atoms with van der Waals surface area (Å²) in [5, 5.41) is 0. The average molecular weight is 408 g/mol. The molecule has 0 bridgehead atoms. The molecule has 2 unspecified atom stereocenters. The fraction of sp³-hybridized carbons (Fsp3) is 1.00. The van der Waals surface area contributed by atoms with E-state index in [9.17, 15) is 9.13 Å². The molecule has 0 aromatic carbocycles. The first-order valence-electron chi connectivity index (χ1n) is 8.06. The monoisotopic (exact) mass is 408 g/mol. The summed E-state index contributed by atoms with van der Waals surface area (Å²) >= 11 is 0. The summed E-state index contributed by atoms with van der Waals surface area (Å²) in [5.74, 6) is 2.26. The van der Waals surface area contributed by atoms with Crippen molar-refractivity contribution in [3.8, 4) is 0 Å². The van der Waals surface area contributed by atoms with E-state index in [4.69, 9.17) is 13.9 Å². The van der Waals surface area contributed by atoms with Crippen molar-refractivity contribution in [2.24, 2.45) is 0 Å². The molecule has 0 spiro atoms. The van der Waals surface area contributed by atoms with Crippen LogP contribution in [0.15, 0.2) is 0 Å². The summed E-state index contributed by atoms with van der Waals surface area (Å²) < 4.78 is 35.9. The van der Waals surface area contributed by atoms with Gasteiger partial charge in [-0.3, -0.25) is 9.13 Å². The molecule has 6 nitrogen and oxygen atoms in total. The highest BCUT2D eigenvalue weighted by molar-refractivity contribution is 8.76. The zero-order valence-electron chi connectivity index (χ0n) is 13.8. The Bertz CT molecular complexity index is 310. The number of hydrogen-bond donors (Lipinski definition) is 1. The van der Waals surface area contributed by atoms with E-state index in [1.807, 2.05) is 21.6 Å². The first-order chi connectivity index (χ1) is 11.2. The number of hydrogen-bond acceptors (Lipinski definition) is 7. The first kappa shape index (κ1) is 24.0. The zero-order chi connectivity index (χ0) is 17.2. The van der Waals surface area contributed by atoms with Gasteiger partial charge in [-0.05, 0) is 32.6 Å². The van der Waals surface area contributed by atoms with E-state index in [2.05, 4.69) is 4.52 Å². The fourth-order valence-electron chi connectivity index (χ4n) is 1.65. The Kier molecular flexibility index (Phi) is 20.2. The molecule has 0 aliphatic heterocycles. The lowest BCUT2D eigenvalue weighted by Gasteiger charge is -2.04. The van der Waals surface area contributed by atoms with Gasteiger partial charge in [-0.1, -0.05) is 40.9 Å². The largest absolute Gasteiger partial charge is 0.326 e. The molecule has 10 heteroatoms. The summed E-state index contributed by atoms with van der Waals surface area (Å²) in [6.45, 7) is 3.14. The molecule has 2 atom stereocenters.